The van der Waals surface area contributed by atoms with Gasteiger partial charge in [0.15, 0.2) is 11.5 Å². The SMILES string of the molecule is CCC[C@@H](c1cc(OC)c(OC)cc1OC)N1CCNCC1. The fraction of sp³-hybridized carbons (Fsp3) is 0.647. The van der Waals surface area contributed by atoms with Crippen molar-refractivity contribution >= 4 is 0 Å². The zero-order valence-electron chi connectivity index (χ0n) is 14.1. The highest BCUT2D eigenvalue weighted by atomic mass is 16.5. The molecule has 1 aliphatic rings. The minimum atomic E-state index is 0.349. The summed E-state index contributed by atoms with van der Waals surface area (Å²) < 4.78 is 16.5. The summed E-state index contributed by atoms with van der Waals surface area (Å²) in [6.07, 6.45) is 2.23. The number of benzene rings is 1. The predicted octanol–water partition coefficient (Wildman–Crippen LogP) is 2.46. The quantitative estimate of drug-likeness (QED) is 0.838. The van der Waals surface area contributed by atoms with E-state index in [9.17, 15) is 0 Å². The zero-order valence-corrected chi connectivity index (χ0v) is 14.1. The van der Waals surface area contributed by atoms with E-state index < -0.39 is 0 Å². The first kappa shape index (κ1) is 16.9. The van der Waals surface area contributed by atoms with E-state index >= 15 is 0 Å². The second-order valence-corrected chi connectivity index (χ2v) is 5.54. The Hall–Kier alpha value is -1.46. The van der Waals surface area contributed by atoms with E-state index in [0.29, 0.717) is 11.8 Å². The van der Waals surface area contributed by atoms with E-state index in [-0.39, 0.29) is 0 Å². The molecule has 0 radical (unpaired) electrons. The van der Waals surface area contributed by atoms with Crippen molar-refractivity contribution in [1.29, 1.82) is 0 Å². The average Bonchev–Trinajstić information content (AvgIpc) is 2.59. The van der Waals surface area contributed by atoms with Crippen LogP contribution in [0.1, 0.15) is 31.4 Å². The third kappa shape index (κ3) is 3.65. The van der Waals surface area contributed by atoms with Crippen molar-refractivity contribution in [1.82, 2.24) is 10.2 Å². The molecule has 1 atom stereocenters. The van der Waals surface area contributed by atoms with Gasteiger partial charge in [-0.25, -0.2) is 0 Å². The van der Waals surface area contributed by atoms with Gasteiger partial charge in [0.1, 0.15) is 5.75 Å². The number of nitrogens with zero attached hydrogens (tertiary/aromatic N) is 1. The molecule has 1 aromatic carbocycles. The Morgan fingerprint density at radius 1 is 1.00 bits per heavy atom. The number of piperazine rings is 1. The lowest BCUT2D eigenvalue weighted by atomic mass is 9.98. The third-order valence-corrected chi connectivity index (χ3v) is 4.25. The molecule has 0 bridgehead atoms. The van der Waals surface area contributed by atoms with Gasteiger partial charge in [0.25, 0.3) is 0 Å². The lowest BCUT2D eigenvalue weighted by Crippen LogP contribution is -2.45. The van der Waals surface area contributed by atoms with Crippen LogP contribution < -0.4 is 19.5 Å². The van der Waals surface area contributed by atoms with Crippen molar-refractivity contribution in [2.24, 2.45) is 0 Å². The maximum Gasteiger partial charge on any atom is 0.164 e. The Bertz CT molecular complexity index is 473. The summed E-state index contributed by atoms with van der Waals surface area (Å²) in [5, 5.41) is 3.41. The second-order valence-electron chi connectivity index (χ2n) is 5.54. The normalized spacial score (nSPS) is 17.1. The monoisotopic (exact) mass is 308 g/mol. The Morgan fingerprint density at radius 2 is 1.59 bits per heavy atom. The zero-order chi connectivity index (χ0) is 15.9. The van der Waals surface area contributed by atoms with Gasteiger partial charge in [-0.3, -0.25) is 4.90 Å². The maximum absolute atomic E-state index is 5.63. The topological polar surface area (TPSA) is 43.0 Å². The summed E-state index contributed by atoms with van der Waals surface area (Å²) in [5.74, 6) is 2.34. The minimum Gasteiger partial charge on any atom is -0.496 e. The maximum atomic E-state index is 5.63. The number of methoxy groups -OCH3 is 3. The van der Waals surface area contributed by atoms with Crippen LogP contribution in [-0.2, 0) is 0 Å². The molecule has 0 saturated carbocycles. The highest BCUT2D eigenvalue weighted by molar-refractivity contribution is 5.51. The van der Waals surface area contributed by atoms with Gasteiger partial charge in [-0.2, -0.15) is 0 Å². The second kappa shape index (κ2) is 8.25. The van der Waals surface area contributed by atoms with Crippen LogP contribution in [0.4, 0.5) is 0 Å². The molecule has 0 unspecified atom stereocenters. The van der Waals surface area contributed by atoms with Gasteiger partial charge >= 0.3 is 0 Å². The van der Waals surface area contributed by atoms with E-state index in [1.54, 1.807) is 21.3 Å². The molecule has 5 heteroatoms. The molecule has 22 heavy (non-hydrogen) atoms. The molecule has 1 aromatic rings. The smallest absolute Gasteiger partial charge is 0.164 e. The molecule has 1 N–H and O–H groups in total. The molecule has 2 rings (SSSR count). The molecular weight excluding hydrogens is 280 g/mol. The fourth-order valence-corrected chi connectivity index (χ4v) is 3.12. The molecule has 0 amide bonds. The summed E-state index contributed by atoms with van der Waals surface area (Å²) in [5.41, 5.74) is 1.18. The van der Waals surface area contributed by atoms with E-state index in [4.69, 9.17) is 14.2 Å². The molecule has 1 aliphatic heterocycles. The van der Waals surface area contributed by atoms with Crippen molar-refractivity contribution in [2.45, 2.75) is 25.8 Å². The van der Waals surface area contributed by atoms with Crippen LogP contribution in [0.5, 0.6) is 17.2 Å². The summed E-state index contributed by atoms with van der Waals surface area (Å²) in [6.45, 7) is 6.42. The van der Waals surface area contributed by atoms with E-state index in [1.165, 1.54) is 5.56 Å². The number of rotatable bonds is 7. The standard InChI is InChI=1S/C17H28N2O3/c1-5-6-14(19-9-7-18-8-10-19)13-11-16(21-3)17(22-4)12-15(13)20-2/h11-12,14,18H,5-10H2,1-4H3/t14-/m0/s1. The highest BCUT2D eigenvalue weighted by Crippen LogP contribution is 2.40. The summed E-state index contributed by atoms with van der Waals surface area (Å²) >= 11 is 0. The molecule has 0 aromatic heterocycles. The van der Waals surface area contributed by atoms with Crippen molar-refractivity contribution < 1.29 is 14.2 Å². The summed E-state index contributed by atoms with van der Waals surface area (Å²) in [6, 6.07) is 4.35. The molecular formula is C17H28N2O3. The first-order valence-corrected chi connectivity index (χ1v) is 7.99. The fourth-order valence-electron chi connectivity index (χ4n) is 3.12. The van der Waals surface area contributed by atoms with Gasteiger partial charge in [-0.15, -0.1) is 0 Å². The molecule has 5 nitrogen and oxygen atoms in total. The molecule has 124 valence electrons. The summed E-state index contributed by atoms with van der Waals surface area (Å²) in [7, 11) is 5.04. The van der Waals surface area contributed by atoms with Crippen LogP contribution in [0.3, 0.4) is 0 Å². The van der Waals surface area contributed by atoms with Crippen LogP contribution in [0.2, 0.25) is 0 Å². The molecule has 1 heterocycles. The van der Waals surface area contributed by atoms with E-state index in [2.05, 4.69) is 23.2 Å². The van der Waals surface area contributed by atoms with Crippen LogP contribution in [-0.4, -0.2) is 52.4 Å². The highest BCUT2D eigenvalue weighted by Gasteiger charge is 2.26. The van der Waals surface area contributed by atoms with Gasteiger partial charge in [-0.05, 0) is 12.5 Å². The molecule has 1 saturated heterocycles. The van der Waals surface area contributed by atoms with Crippen LogP contribution in [0.15, 0.2) is 12.1 Å². The first-order valence-electron chi connectivity index (χ1n) is 7.99. The third-order valence-electron chi connectivity index (χ3n) is 4.25. The Morgan fingerprint density at radius 3 is 2.14 bits per heavy atom. The van der Waals surface area contributed by atoms with Gasteiger partial charge in [-0.1, -0.05) is 13.3 Å². The van der Waals surface area contributed by atoms with E-state index in [1.807, 2.05) is 6.07 Å². The van der Waals surface area contributed by atoms with Gasteiger partial charge in [0, 0.05) is 43.9 Å². The van der Waals surface area contributed by atoms with Crippen LogP contribution in [0, 0.1) is 0 Å². The minimum absolute atomic E-state index is 0.349. The Balaban J connectivity index is 2.40. The van der Waals surface area contributed by atoms with Crippen LogP contribution in [0.25, 0.3) is 0 Å². The molecule has 1 fully saturated rings. The number of nitrogens with one attached hydrogen (secondary N) is 1. The van der Waals surface area contributed by atoms with Crippen molar-refractivity contribution in [3.63, 3.8) is 0 Å². The molecule has 0 aliphatic carbocycles. The Kier molecular flexibility index (Phi) is 6.34. The Labute approximate surface area is 133 Å². The van der Waals surface area contributed by atoms with Gasteiger partial charge < -0.3 is 19.5 Å². The van der Waals surface area contributed by atoms with Crippen LogP contribution >= 0.6 is 0 Å². The van der Waals surface area contributed by atoms with E-state index in [0.717, 1.165) is 50.5 Å². The largest absolute Gasteiger partial charge is 0.496 e. The van der Waals surface area contributed by atoms with Gasteiger partial charge in [0.2, 0.25) is 0 Å². The lowest BCUT2D eigenvalue weighted by Gasteiger charge is -2.36. The number of hydrogen-bond acceptors (Lipinski definition) is 5. The molecule has 0 spiro atoms. The van der Waals surface area contributed by atoms with Gasteiger partial charge in [0.05, 0.1) is 21.3 Å². The number of hydrogen-bond donors (Lipinski definition) is 1. The lowest BCUT2D eigenvalue weighted by molar-refractivity contribution is 0.161. The predicted molar refractivity (Wildman–Crippen MR) is 88.2 cm³/mol. The van der Waals surface area contributed by atoms with Crippen molar-refractivity contribution in [3.8, 4) is 17.2 Å². The number of ether oxygens (including phenoxy) is 3. The average molecular weight is 308 g/mol. The summed E-state index contributed by atoms with van der Waals surface area (Å²) in [4.78, 5) is 2.53. The van der Waals surface area contributed by atoms with Crippen molar-refractivity contribution in [2.75, 3.05) is 47.5 Å². The first-order chi connectivity index (χ1) is 10.7. The van der Waals surface area contributed by atoms with Crippen molar-refractivity contribution in [3.05, 3.63) is 17.7 Å².